The molecule has 170 valence electrons. The summed E-state index contributed by atoms with van der Waals surface area (Å²) in [7, 11) is 1.64. The van der Waals surface area contributed by atoms with Gasteiger partial charge >= 0.3 is 0 Å². The Morgan fingerprint density at radius 2 is 2.03 bits per heavy atom. The zero-order valence-corrected chi connectivity index (χ0v) is 19.5. The van der Waals surface area contributed by atoms with Crippen LogP contribution in [0.4, 0.5) is 4.39 Å². The average Bonchev–Trinajstić information content (AvgIpc) is 3.09. The third-order valence-corrected chi connectivity index (χ3v) is 6.31. The van der Waals surface area contributed by atoms with Crippen molar-refractivity contribution in [2.75, 3.05) is 7.11 Å². The van der Waals surface area contributed by atoms with Crippen LogP contribution in [0.2, 0.25) is 5.02 Å². The number of methoxy groups -OCH3 is 1. The third-order valence-electron chi connectivity index (χ3n) is 6.00. The average molecular weight is 474 g/mol. The summed E-state index contributed by atoms with van der Waals surface area (Å²) in [4.78, 5) is 4.68. The van der Waals surface area contributed by atoms with E-state index in [1.54, 1.807) is 20.1 Å². The van der Waals surface area contributed by atoms with Gasteiger partial charge < -0.3 is 14.0 Å². The normalized spacial score (nSPS) is 14.1. The molecule has 0 spiro atoms. The van der Waals surface area contributed by atoms with Gasteiger partial charge in [-0.3, -0.25) is 0 Å². The highest BCUT2D eigenvalue weighted by Gasteiger charge is 2.23. The molecule has 1 aromatic heterocycles. The molecule has 0 fully saturated rings. The smallest absolute Gasteiger partial charge is 0.136 e. The zero-order valence-electron chi connectivity index (χ0n) is 18.7. The van der Waals surface area contributed by atoms with E-state index in [9.17, 15) is 9.65 Å². The van der Waals surface area contributed by atoms with E-state index in [4.69, 9.17) is 21.1 Å². The quantitative estimate of drug-likeness (QED) is 0.328. The summed E-state index contributed by atoms with van der Waals surface area (Å²) in [5.41, 5.74) is 6.55. The minimum absolute atomic E-state index is 0.267. The topological polar surface area (TPSA) is 60.1 Å². The fourth-order valence-electron chi connectivity index (χ4n) is 4.45. The van der Waals surface area contributed by atoms with Gasteiger partial charge in [0.15, 0.2) is 0 Å². The van der Waals surface area contributed by atoms with E-state index < -0.39 is 0 Å². The lowest BCUT2D eigenvalue weighted by Crippen LogP contribution is -2.07. The number of benzene rings is 3. The van der Waals surface area contributed by atoms with Crippen molar-refractivity contribution in [2.24, 2.45) is 0 Å². The molecule has 7 heteroatoms. The van der Waals surface area contributed by atoms with Crippen LogP contribution in [0, 0.1) is 17.1 Å². The molecule has 3 aromatic carbocycles. The number of halogens is 2. The fourth-order valence-corrected chi connectivity index (χ4v) is 4.66. The van der Waals surface area contributed by atoms with Gasteiger partial charge in [-0.1, -0.05) is 29.8 Å². The summed E-state index contributed by atoms with van der Waals surface area (Å²) < 4.78 is 27.3. The van der Waals surface area contributed by atoms with Gasteiger partial charge in [-0.25, -0.2) is 9.37 Å². The molecule has 1 aliphatic heterocycles. The number of aromatic nitrogens is 2. The van der Waals surface area contributed by atoms with E-state index in [0.29, 0.717) is 35.1 Å². The van der Waals surface area contributed by atoms with Crippen molar-refractivity contribution in [3.05, 3.63) is 99.1 Å². The van der Waals surface area contributed by atoms with Crippen molar-refractivity contribution in [3.8, 4) is 11.8 Å². The second-order valence-corrected chi connectivity index (χ2v) is 8.59. The van der Waals surface area contributed by atoms with Crippen LogP contribution in [-0.2, 0) is 24.5 Å². The molecular formula is C27H21ClFN3O2. The van der Waals surface area contributed by atoms with Crippen LogP contribution in [-0.4, -0.2) is 16.7 Å². The molecule has 0 N–H and O–H groups in total. The van der Waals surface area contributed by atoms with Crippen molar-refractivity contribution in [1.82, 2.24) is 9.55 Å². The number of fused-ring (bicyclic) bond motifs is 3. The number of allylic oxidation sites excluding steroid dienone is 1. The molecule has 0 atom stereocenters. The minimum atomic E-state index is -0.379. The zero-order chi connectivity index (χ0) is 23.8. The van der Waals surface area contributed by atoms with Crippen LogP contribution in [0.5, 0.6) is 5.75 Å². The summed E-state index contributed by atoms with van der Waals surface area (Å²) in [6.45, 7) is 2.95. The first kappa shape index (κ1) is 22.1. The Labute approximate surface area is 201 Å². The summed E-state index contributed by atoms with van der Waals surface area (Å²) in [6.07, 6.45) is 0. The Hall–Kier alpha value is -3.66. The highest BCUT2D eigenvalue weighted by atomic mass is 35.5. The van der Waals surface area contributed by atoms with E-state index in [-0.39, 0.29) is 12.4 Å². The number of nitriles is 1. The van der Waals surface area contributed by atoms with Gasteiger partial charge in [0.25, 0.3) is 0 Å². The van der Waals surface area contributed by atoms with Crippen molar-refractivity contribution in [1.29, 1.82) is 5.26 Å². The molecule has 0 amide bonds. The maximum absolute atomic E-state index is 13.9. The number of hydrogen-bond donors (Lipinski definition) is 0. The largest absolute Gasteiger partial charge is 0.488 e. The summed E-state index contributed by atoms with van der Waals surface area (Å²) in [6, 6.07) is 18.5. The van der Waals surface area contributed by atoms with Crippen molar-refractivity contribution < 1.29 is 13.9 Å². The van der Waals surface area contributed by atoms with E-state index in [2.05, 4.69) is 21.7 Å². The number of para-hydroxylation sites is 1. The van der Waals surface area contributed by atoms with E-state index in [1.165, 1.54) is 12.1 Å². The molecule has 4 aromatic rings. The third kappa shape index (κ3) is 3.83. The summed E-state index contributed by atoms with van der Waals surface area (Å²) in [5, 5.41) is 10.3. The van der Waals surface area contributed by atoms with Gasteiger partial charge in [0.2, 0.25) is 0 Å². The molecule has 1 aliphatic rings. The van der Waals surface area contributed by atoms with Gasteiger partial charge in [-0.15, -0.1) is 0 Å². The SMILES string of the molecule is COCc1nc2c(Cl)cccc2n1Cc1ccc2c(c1)COc1cc(F)ccc1C2=C(C)C#N. The molecule has 5 rings (SSSR count). The molecular weight excluding hydrogens is 453 g/mol. The Balaban J connectivity index is 1.61. The van der Waals surface area contributed by atoms with Crippen LogP contribution in [0.3, 0.4) is 0 Å². The lowest BCUT2D eigenvalue weighted by atomic mass is 9.90. The minimum Gasteiger partial charge on any atom is -0.488 e. The Bertz CT molecular complexity index is 1500. The highest BCUT2D eigenvalue weighted by molar-refractivity contribution is 6.34. The summed E-state index contributed by atoms with van der Waals surface area (Å²) in [5.74, 6) is 0.830. The van der Waals surface area contributed by atoms with Crippen LogP contribution in [0.1, 0.15) is 35.0 Å². The van der Waals surface area contributed by atoms with Gasteiger partial charge in [0.05, 0.1) is 16.6 Å². The van der Waals surface area contributed by atoms with E-state index in [1.807, 2.05) is 30.3 Å². The Kier molecular flexibility index (Phi) is 5.82. The van der Waals surface area contributed by atoms with Gasteiger partial charge in [0.1, 0.15) is 36.1 Å². The molecule has 0 saturated heterocycles. The number of rotatable bonds is 4. The molecule has 0 unspecified atom stereocenters. The Morgan fingerprint density at radius 1 is 1.21 bits per heavy atom. The van der Waals surface area contributed by atoms with Gasteiger partial charge in [-0.05, 0) is 53.9 Å². The first-order valence-corrected chi connectivity index (χ1v) is 11.2. The first-order valence-electron chi connectivity index (χ1n) is 10.8. The van der Waals surface area contributed by atoms with Crippen LogP contribution >= 0.6 is 11.6 Å². The molecule has 0 aliphatic carbocycles. The molecule has 2 heterocycles. The van der Waals surface area contributed by atoms with Crippen LogP contribution in [0.15, 0.2) is 60.2 Å². The molecule has 0 saturated carbocycles. The maximum Gasteiger partial charge on any atom is 0.136 e. The fraction of sp³-hybridized carbons (Fsp3) is 0.185. The van der Waals surface area contributed by atoms with Crippen LogP contribution in [0.25, 0.3) is 16.6 Å². The van der Waals surface area contributed by atoms with E-state index in [0.717, 1.165) is 39.1 Å². The second kappa shape index (κ2) is 8.94. The number of imidazole rings is 1. The van der Waals surface area contributed by atoms with Crippen LogP contribution < -0.4 is 4.74 Å². The predicted octanol–water partition coefficient (Wildman–Crippen LogP) is 6.26. The van der Waals surface area contributed by atoms with Crippen molar-refractivity contribution in [2.45, 2.75) is 26.7 Å². The molecule has 0 bridgehead atoms. The van der Waals surface area contributed by atoms with Gasteiger partial charge in [0, 0.05) is 36.4 Å². The lowest BCUT2D eigenvalue weighted by Gasteiger charge is -2.14. The molecule has 0 radical (unpaired) electrons. The summed E-state index contributed by atoms with van der Waals surface area (Å²) >= 11 is 6.38. The molecule has 5 nitrogen and oxygen atoms in total. The monoisotopic (exact) mass is 473 g/mol. The standard InChI is InChI=1S/C27H21ClFN3O2/c1-16(12-30)26-20-8-6-17(10-18(20)14-34-24-11-19(29)7-9-21(24)26)13-32-23-5-3-4-22(28)27(23)31-25(32)15-33-2/h3-11H,13-15H2,1-2H3. The lowest BCUT2D eigenvalue weighted by molar-refractivity contribution is 0.175. The number of nitrogens with zero attached hydrogens (tertiary/aromatic N) is 3. The van der Waals surface area contributed by atoms with Crippen molar-refractivity contribution in [3.63, 3.8) is 0 Å². The number of ether oxygens (including phenoxy) is 2. The van der Waals surface area contributed by atoms with Crippen molar-refractivity contribution >= 4 is 28.2 Å². The predicted molar refractivity (Wildman–Crippen MR) is 129 cm³/mol. The Morgan fingerprint density at radius 3 is 2.82 bits per heavy atom. The number of hydrogen-bond acceptors (Lipinski definition) is 4. The second-order valence-electron chi connectivity index (χ2n) is 8.19. The van der Waals surface area contributed by atoms with Gasteiger partial charge in [-0.2, -0.15) is 5.26 Å². The molecule has 34 heavy (non-hydrogen) atoms. The first-order chi connectivity index (χ1) is 16.5. The van der Waals surface area contributed by atoms with E-state index >= 15 is 0 Å². The highest BCUT2D eigenvalue weighted by Crippen LogP contribution is 2.39. The maximum atomic E-state index is 13.9.